The summed E-state index contributed by atoms with van der Waals surface area (Å²) in [5.74, 6) is -0.746. The van der Waals surface area contributed by atoms with Crippen LogP contribution in [0.1, 0.15) is 35.3 Å². The van der Waals surface area contributed by atoms with Gasteiger partial charge < -0.3 is 10.2 Å². The smallest absolute Gasteiger partial charge is 0.276 e. The zero-order valence-electron chi connectivity index (χ0n) is 13.5. The van der Waals surface area contributed by atoms with Gasteiger partial charge in [0.1, 0.15) is 5.82 Å². The number of rotatable bonds is 4. The molecule has 2 fully saturated rings. The van der Waals surface area contributed by atoms with Gasteiger partial charge in [0.2, 0.25) is 5.91 Å². The molecule has 2 amide bonds. The van der Waals surface area contributed by atoms with Crippen molar-refractivity contribution >= 4 is 11.8 Å². The van der Waals surface area contributed by atoms with Gasteiger partial charge in [-0.15, -0.1) is 0 Å². The van der Waals surface area contributed by atoms with Crippen LogP contribution in [0.2, 0.25) is 0 Å². The SMILES string of the molecule is O=C(NCc1ccc(F)cc1)C1CC2CCC1N2C(=O)c1cn[nH]n1. The average Bonchev–Trinajstić information content (AvgIpc) is 3.36. The normalized spacial score (nSPS) is 24.5. The van der Waals surface area contributed by atoms with Crippen LogP contribution < -0.4 is 5.32 Å². The molecular formula is C17H18FN5O2. The van der Waals surface area contributed by atoms with Gasteiger partial charge in [-0.1, -0.05) is 12.1 Å². The lowest BCUT2D eigenvalue weighted by Gasteiger charge is -2.23. The first-order valence-electron chi connectivity index (χ1n) is 8.34. The molecule has 130 valence electrons. The van der Waals surface area contributed by atoms with Crippen molar-refractivity contribution in [1.82, 2.24) is 25.6 Å². The number of halogens is 1. The maximum Gasteiger partial charge on any atom is 0.276 e. The van der Waals surface area contributed by atoms with E-state index in [-0.39, 0.29) is 41.3 Å². The predicted octanol–water partition coefficient (Wildman–Crippen LogP) is 1.25. The zero-order chi connectivity index (χ0) is 17.4. The molecule has 4 rings (SSSR count). The number of fused-ring (bicyclic) bond motifs is 2. The van der Waals surface area contributed by atoms with E-state index in [1.807, 2.05) is 0 Å². The molecule has 0 saturated carbocycles. The first-order valence-corrected chi connectivity index (χ1v) is 8.34. The fourth-order valence-corrected chi connectivity index (χ4v) is 3.95. The molecule has 0 aliphatic carbocycles. The number of amides is 2. The quantitative estimate of drug-likeness (QED) is 0.874. The Kier molecular flexibility index (Phi) is 3.95. The zero-order valence-corrected chi connectivity index (χ0v) is 13.5. The van der Waals surface area contributed by atoms with Crippen LogP contribution in [-0.2, 0) is 11.3 Å². The fourth-order valence-electron chi connectivity index (χ4n) is 3.95. The number of nitrogens with one attached hydrogen (secondary N) is 2. The summed E-state index contributed by atoms with van der Waals surface area (Å²) in [6.07, 6.45) is 3.81. The number of nitrogens with zero attached hydrogens (tertiary/aromatic N) is 3. The van der Waals surface area contributed by atoms with E-state index in [0.717, 1.165) is 18.4 Å². The Morgan fingerprint density at radius 2 is 2.08 bits per heavy atom. The molecule has 2 bridgehead atoms. The Morgan fingerprint density at radius 1 is 1.28 bits per heavy atom. The number of H-pyrrole nitrogens is 1. The van der Waals surface area contributed by atoms with Gasteiger partial charge in [-0.25, -0.2) is 4.39 Å². The molecule has 0 radical (unpaired) electrons. The highest BCUT2D eigenvalue weighted by Gasteiger charge is 2.51. The second-order valence-electron chi connectivity index (χ2n) is 6.55. The van der Waals surface area contributed by atoms with Crippen LogP contribution in [0.15, 0.2) is 30.5 Å². The molecule has 2 saturated heterocycles. The minimum absolute atomic E-state index is 0.0607. The van der Waals surface area contributed by atoms with Crippen LogP contribution >= 0.6 is 0 Å². The monoisotopic (exact) mass is 343 g/mol. The lowest BCUT2D eigenvalue weighted by molar-refractivity contribution is -0.125. The topological polar surface area (TPSA) is 91.0 Å². The maximum absolute atomic E-state index is 12.9. The summed E-state index contributed by atoms with van der Waals surface area (Å²) in [5.41, 5.74) is 1.12. The number of hydrogen-bond acceptors (Lipinski definition) is 4. The summed E-state index contributed by atoms with van der Waals surface area (Å²) in [6, 6.07) is 6.03. The van der Waals surface area contributed by atoms with Crippen LogP contribution in [0.5, 0.6) is 0 Å². The van der Waals surface area contributed by atoms with E-state index in [1.165, 1.54) is 18.3 Å². The van der Waals surface area contributed by atoms with E-state index in [4.69, 9.17) is 0 Å². The van der Waals surface area contributed by atoms with Crippen LogP contribution in [-0.4, -0.2) is 44.2 Å². The maximum atomic E-state index is 12.9. The van der Waals surface area contributed by atoms with Crippen molar-refractivity contribution in [1.29, 1.82) is 0 Å². The summed E-state index contributed by atoms with van der Waals surface area (Å²) < 4.78 is 12.9. The van der Waals surface area contributed by atoms with E-state index < -0.39 is 0 Å². The molecule has 1 aromatic carbocycles. The standard InChI is InChI=1S/C17H18FN5O2/c18-11-3-1-10(2-4-11)8-19-16(24)13-7-12-5-6-15(13)23(12)17(25)14-9-20-22-21-14/h1-4,9,12-13,15H,5-8H2,(H,19,24)(H,20,21,22). The Morgan fingerprint density at radius 3 is 2.80 bits per heavy atom. The molecule has 1 aromatic heterocycles. The average molecular weight is 343 g/mol. The Hall–Kier alpha value is -2.77. The summed E-state index contributed by atoms with van der Waals surface area (Å²) in [5, 5.41) is 12.9. The molecule has 7 nitrogen and oxygen atoms in total. The van der Waals surface area contributed by atoms with Gasteiger partial charge in [0.25, 0.3) is 5.91 Å². The van der Waals surface area contributed by atoms with Crippen LogP contribution in [0, 0.1) is 11.7 Å². The van der Waals surface area contributed by atoms with Gasteiger partial charge in [0.15, 0.2) is 5.69 Å². The molecule has 3 unspecified atom stereocenters. The highest BCUT2D eigenvalue weighted by atomic mass is 19.1. The molecular weight excluding hydrogens is 325 g/mol. The van der Waals surface area contributed by atoms with Crippen molar-refractivity contribution in [2.45, 2.75) is 37.9 Å². The van der Waals surface area contributed by atoms with Crippen molar-refractivity contribution in [3.8, 4) is 0 Å². The van der Waals surface area contributed by atoms with Crippen molar-refractivity contribution in [3.05, 3.63) is 47.5 Å². The van der Waals surface area contributed by atoms with Gasteiger partial charge in [-0.05, 0) is 37.0 Å². The largest absolute Gasteiger partial charge is 0.352 e. The Labute approximate surface area is 143 Å². The van der Waals surface area contributed by atoms with E-state index >= 15 is 0 Å². The number of carbonyl (C=O) groups is 2. The van der Waals surface area contributed by atoms with Crippen molar-refractivity contribution in [2.75, 3.05) is 0 Å². The third-order valence-electron chi connectivity index (χ3n) is 5.12. The minimum atomic E-state index is -0.301. The van der Waals surface area contributed by atoms with E-state index in [1.54, 1.807) is 17.0 Å². The number of carbonyl (C=O) groups excluding carboxylic acids is 2. The lowest BCUT2D eigenvalue weighted by Crippen LogP contribution is -2.41. The van der Waals surface area contributed by atoms with Gasteiger partial charge in [0, 0.05) is 18.6 Å². The highest BCUT2D eigenvalue weighted by Crippen LogP contribution is 2.42. The molecule has 2 aliphatic rings. The summed E-state index contributed by atoms with van der Waals surface area (Å²) >= 11 is 0. The van der Waals surface area contributed by atoms with Gasteiger partial charge >= 0.3 is 0 Å². The number of aromatic nitrogens is 3. The van der Waals surface area contributed by atoms with Crippen LogP contribution in [0.4, 0.5) is 4.39 Å². The minimum Gasteiger partial charge on any atom is -0.352 e. The Balaban J connectivity index is 1.41. The molecule has 0 spiro atoms. The van der Waals surface area contributed by atoms with Crippen LogP contribution in [0.25, 0.3) is 0 Å². The van der Waals surface area contributed by atoms with Gasteiger partial charge in [-0.3, -0.25) is 9.59 Å². The molecule has 8 heteroatoms. The first-order chi connectivity index (χ1) is 12.1. The number of benzene rings is 1. The Bertz CT molecular complexity index is 777. The third-order valence-corrected chi connectivity index (χ3v) is 5.12. The van der Waals surface area contributed by atoms with Gasteiger partial charge in [-0.2, -0.15) is 15.4 Å². The second kappa shape index (κ2) is 6.27. The van der Waals surface area contributed by atoms with Gasteiger partial charge in [0.05, 0.1) is 12.1 Å². The summed E-state index contributed by atoms with van der Waals surface area (Å²) in [7, 11) is 0. The van der Waals surface area contributed by atoms with E-state index in [9.17, 15) is 14.0 Å². The molecule has 3 heterocycles. The third kappa shape index (κ3) is 2.88. The summed E-state index contributed by atoms with van der Waals surface area (Å²) in [6.45, 7) is 0.351. The molecule has 25 heavy (non-hydrogen) atoms. The first kappa shape index (κ1) is 15.7. The molecule has 2 N–H and O–H groups in total. The van der Waals surface area contributed by atoms with E-state index in [2.05, 4.69) is 20.7 Å². The van der Waals surface area contributed by atoms with Crippen molar-refractivity contribution < 1.29 is 14.0 Å². The molecule has 2 aliphatic heterocycles. The predicted molar refractivity (Wildman–Crippen MR) is 85.7 cm³/mol. The van der Waals surface area contributed by atoms with Crippen molar-refractivity contribution in [3.63, 3.8) is 0 Å². The highest BCUT2D eigenvalue weighted by molar-refractivity contribution is 5.94. The van der Waals surface area contributed by atoms with Crippen molar-refractivity contribution in [2.24, 2.45) is 5.92 Å². The molecule has 3 atom stereocenters. The summed E-state index contributed by atoms with van der Waals surface area (Å²) in [4.78, 5) is 26.9. The number of aromatic amines is 1. The second-order valence-corrected chi connectivity index (χ2v) is 6.55. The number of hydrogen-bond donors (Lipinski definition) is 2. The lowest BCUT2D eigenvalue weighted by atomic mass is 9.88. The molecule has 2 aromatic rings. The fraction of sp³-hybridized carbons (Fsp3) is 0.412. The van der Waals surface area contributed by atoms with Crippen LogP contribution in [0.3, 0.4) is 0 Å². The van der Waals surface area contributed by atoms with E-state index in [0.29, 0.717) is 13.0 Å².